The Morgan fingerprint density at radius 2 is 1.37 bits per heavy atom. The van der Waals surface area contributed by atoms with Crippen LogP contribution in [0.15, 0.2) is 109 Å². The van der Waals surface area contributed by atoms with Crippen LogP contribution >= 0.6 is 0 Å². The zero-order valence-electron chi connectivity index (χ0n) is 28.0. The van der Waals surface area contributed by atoms with Gasteiger partial charge in [-0.05, 0) is 35.7 Å². The molecule has 0 spiro atoms. The van der Waals surface area contributed by atoms with Gasteiger partial charge in [-0.15, -0.1) is 0 Å². The second kappa shape index (κ2) is 16.1. The number of ether oxygens (including phenoxy) is 6. The van der Waals surface area contributed by atoms with Crippen LogP contribution in [0, 0.1) is 0 Å². The number of phenolic OH excluding ortho intramolecular Hbond substituents is 1. The van der Waals surface area contributed by atoms with Gasteiger partial charge in [-0.1, -0.05) is 97.1 Å². The number of aromatic hydroxyl groups is 1. The number of hydrogen-bond acceptors (Lipinski definition) is 8. The Bertz CT molecular complexity index is 1830. The first-order valence-corrected chi connectivity index (χ1v) is 16.5. The van der Waals surface area contributed by atoms with Crippen LogP contribution in [0.1, 0.15) is 52.1 Å². The lowest BCUT2D eigenvalue weighted by Crippen LogP contribution is -2.50. The number of rotatable bonds is 14. The largest absolute Gasteiger partial charge is 0.507 e. The highest BCUT2D eigenvalue weighted by Crippen LogP contribution is 2.47. The van der Waals surface area contributed by atoms with E-state index >= 15 is 0 Å². The number of carbonyl (C=O) groups excluding carboxylic acids is 1. The van der Waals surface area contributed by atoms with Crippen molar-refractivity contribution >= 4 is 16.6 Å². The van der Waals surface area contributed by atoms with Crippen LogP contribution in [0.3, 0.4) is 0 Å². The fourth-order valence-corrected chi connectivity index (χ4v) is 6.41. The van der Waals surface area contributed by atoms with Gasteiger partial charge in [0.2, 0.25) is 0 Å². The molecule has 1 saturated heterocycles. The fraction of sp³-hybridized carbons (Fsp3) is 0.293. The monoisotopic (exact) mass is 662 g/mol. The molecule has 1 aliphatic rings. The Hall–Kier alpha value is -4.73. The number of ketones is 1. The van der Waals surface area contributed by atoms with E-state index in [1.165, 1.54) is 21.1 Å². The molecular formula is C41H42O8. The van der Waals surface area contributed by atoms with E-state index < -0.39 is 24.4 Å². The molecule has 0 unspecified atom stereocenters. The maximum Gasteiger partial charge on any atom is 0.163 e. The van der Waals surface area contributed by atoms with Gasteiger partial charge in [0.1, 0.15) is 29.5 Å². The van der Waals surface area contributed by atoms with Crippen LogP contribution in [-0.4, -0.2) is 50.0 Å². The molecule has 5 aromatic rings. The molecule has 1 aliphatic heterocycles. The Kier molecular flexibility index (Phi) is 11.2. The lowest BCUT2D eigenvalue weighted by molar-refractivity contribution is -0.222. The van der Waals surface area contributed by atoms with Gasteiger partial charge in [-0.25, -0.2) is 0 Å². The molecule has 0 radical (unpaired) electrons. The molecule has 8 nitrogen and oxygen atoms in total. The van der Waals surface area contributed by atoms with Crippen molar-refractivity contribution in [3.05, 3.63) is 137 Å². The third-order valence-corrected chi connectivity index (χ3v) is 8.87. The van der Waals surface area contributed by atoms with Gasteiger partial charge in [-0.2, -0.15) is 0 Å². The lowest BCUT2D eigenvalue weighted by Gasteiger charge is -2.42. The molecule has 0 saturated carbocycles. The topological polar surface area (TPSA) is 92.7 Å². The predicted molar refractivity (Wildman–Crippen MR) is 187 cm³/mol. The summed E-state index contributed by atoms with van der Waals surface area (Å²) >= 11 is 0. The number of phenols is 1. The van der Waals surface area contributed by atoms with Crippen molar-refractivity contribution in [3.63, 3.8) is 0 Å². The molecule has 8 heteroatoms. The van der Waals surface area contributed by atoms with E-state index in [4.69, 9.17) is 28.4 Å². The molecular weight excluding hydrogens is 620 g/mol. The van der Waals surface area contributed by atoms with Gasteiger partial charge in [0.25, 0.3) is 0 Å². The minimum atomic E-state index is -0.574. The number of Topliss-reactive ketones (excluding diaryl/α,β-unsaturated/α-hetero) is 1. The van der Waals surface area contributed by atoms with Gasteiger partial charge >= 0.3 is 0 Å². The van der Waals surface area contributed by atoms with Crippen molar-refractivity contribution in [1.29, 1.82) is 0 Å². The third kappa shape index (κ3) is 7.95. The Labute approximate surface area is 287 Å². The average Bonchev–Trinajstić information content (AvgIpc) is 3.14. The van der Waals surface area contributed by atoms with E-state index in [2.05, 4.69) is 0 Å². The number of benzene rings is 5. The number of hydrogen-bond donors (Lipinski definition) is 1. The first-order valence-electron chi connectivity index (χ1n) is 16.5. The van der Waals surface area contributed by atoms with Crippen molar-refractivity contribution in [2.45, 2.75) is 57.6 Å². The van der Waals surface area contributed by atoms with E-state index in [-0.39, 0.29) is 18.1 Å². The molecule has 254 valence electrons. The van der Waals surface area contributed by atoms with Gasteiger partial charge in [0, 0.05) is 17.4 Å². The first kappa shape index (κ1) is 34.1. The van der Waals surface area contributed by atoms with E-state index in [0.717, 1.165) is 16.7 Å². The van der Waals surface area contributed by atoms with Gasteiger partial charge < -0.3 is 33.5 Å². The lowest BCUT2D eigenvalue weighted by atomic mass is 9.90. The van der Waals surface area contributed by atoms with Crippen molar-refractivity contribution < 1.29 is 38.3 Å². The summed E-state index contributed by atoms with van der Waals surface area (Å²) in [6.45, 7) is 2.87. The maximum absolute atomic E-state index is 12.5. The Balaban J connectivity index is 1.36. The maximum atomic E-state index is 12.5. The molecule has 4 atom stereocenters. The molecule has 49 heavy (non-hydrogen) atoms. The first-order chi connectivity index (χ1) is 24.0. The molecule has 1 fully saturated rings. The second-order valence-electron chi connectivity index (χ2n) is 12.1. The zero-order valence-corrected chi connectivity index (χ0v) is 28.0. The van der Waals surface area contributed by atoms with Crippen LogP contribution in [0.25, 0.3) is 10.8 Å². The van der Waals surface area contributed by atoms with Crippen LogP contribution < -0.4 is 9.47 Å². The summed E-state index contributed by atoms with van der Waals surface area (Å²) in [7, 11) is 3.02. The summed E-state index contributed by atoms with van der Waals surface area (Å²) in [6.07, 6.45) is -1.56. The van der Waals surface area contributed by atoms with Crippen LogP contribution in [0.4, 0.5) is 0 Å². The molecule has 6 rings (SSSR count). The van der Waals surface area contributed by atoms with Gasteiger partial charge in [0.15, 0.2) is 5.78 Å². The van der Waals surface area contributed by atoms with Crippen LogP contribution in [0.5, 0.6) is 17.2 Å². The van der Waals surface area contributed by atoms with Gasteiger partial charge in [0.05, 0.1) is 63.8 Å². The van der Waals surface area contributed by atoms with E-state index in [1.807, 2.05) is 103 Å². The fourth-order valence-electron chi connectivity index (χ4n) is 6.41. The van der Waals surface area contributed by atoms with Crippen molar-refractivity contribution in [2.24, 2.45) is 0 Å². The Morgan fingerprint density at radius 3 is 1.94 bits per heavy atom. The molecule has 0 amide bonds. The minimum Gasteiger partial charge on any atom is -0.507 e. The van der Waals surface area contributed by atoms with Crippen molar-refractivity contribution in [3.8, 4) is 17.2 Å². The standard InChI is InChI=1S/C41H42O8/c1-27(42)33-21-35(44-2)38-32(40(33)45-3)20-19-31(39(38)43)34-22-36(47-24-29-15-9-5-10-16-29)41(48-25-30-17-11-6-12-18-30)37(49-34)26-46-23-28-13-7-4-8-14-28/h4-21,34,36-37,41,43H,22-26H2,1-3H3/t34-,36-,37-,41+/m1/s1. The minimum absolute atomic E-state index is 0.0119. The number of fused-ring (bicyclic) bond motifs is 1. The Morgan fingerprint density at radius 1 is 0.776 bits per heavy atom. The normalized spacial score (nSPS) is 19.1. The molecule has 1 N–H and O–H groups in total. The highest BCUT2D eigenvalue weighted by Gasteiger charge is 2.42. The second-order valence-corrected chi connectivity index (χ2v) is 12.1. The highest BCUT2D eigenvalue weighted by molar-refractivity contribution is 6.08. The van der Waals surface area contributed by atoms with E-state index in [9.17, 15) is 9.90 Å². The van der Waals surface area contributed by atoms with Gasteiger partial charge in [-0.3, -0.25) is 4.79 Å². The average molecular weight is 663 g/mol. The molecule has 0 bridgehead atoms. The number of carbonyl (C=O) groups is 1. The molecule has 0 aromatic heterocycles. The smallest absolute Gasteiger partial charge is 0.163 e. The summed E-state index contributed by atoms with van der Waals surface area (Å²) in [5, 5.41) is 12.9. The van der Waals surface area contributed by atoms with Crippen molar-refractivity contribution in [1.82, 2.24) is 0 Å². The zero-order chi connectivity index (χ0) is 34.2. The predicted octanol–water partition coefficient (Wildman–Crippen LogP) is 7.98. The van der Waals surface area contributed by atoms with E-state index in [1.54, 1.807) is 6.07 Å². The summed E-state index contributed by atoms with van der Waals surface area (Å²) in [5.74, 6) is 0.553. The summed E-state index contributed by atoms with van der Waals surface area (Å²) < 4.78 is 37.6. The number of methoxy groups -OCH3 is 2. The SMILES string of the molecule is COc1c(C(C)=O)cc(OC)c2c(O)c([C@H]3C[C@@H](OCc4ccccc4)[C@H](OCc4ccccc4)[C@@H](COCc4ccccc4)O3)ccc12. The van der Waals surface area contributed by atoms with E-state index in [0.29, 0.717) is 59.6 Å². The molecule has 5 aromatic carbocycles. The van der Waals surface area contributed by atoms with Crippen LogP contribution in [-0.2, 0) is 38.8 Å². The summed E-state index contributed by atoms with van der Waals surface area (Å²) in [6, 6.07) is 35.2. The molecule has 1 heterocycles. The van der Waals surface area contributed by atoms with Crippen molar-refractivity contribution in [2.75, 3.05) is 20.8 Å². The third-order valence-electron chi connectivity index (χ3n) is 8.87. The quantitative estimate of drug-likeness (QED) is 0.120. The summed E-state index contributed by atoms with van der Waals surface area (Å²) in [5.41, 5.74) is 4.05. The summed E-state index contributed by atoms with van der Waals surface area (Å²) in [4.78, 5) is 12.5. The molecule has 0 aliphatic carbocycles. The highest BCUT2D eigenvalue weighted by atomic mass is 16.6. The van der Waals surface area contributed by atoms with Crippen LogP contribution in [0.2, 0.25) is 0 Å².